The molecule has 1 aromatic rings. The van der Waals surface area contributed by atoms with Crippen molar-refractivity contribution in [3.63, 3.8) is 0 Å². The highest BCUT2D eigenvalue weighted by Gasteiger charge is 2.35. The Morgan fingerprint density at radius 1 is 1.30 bits per heavy atom. The van der Waals surface area contributed by atoms with Gasteiger partial charge in [-0.2, -0.15) is 0 Å². The third-order valence-electron chi connectivity index (χ3n) is 4.52. The van der Waals surface area contributed by atoms with Crippen molar-refractivity contribution >= 4 is 5.69 Å². The topological polar surface area (TPSA) is 32.3 Å². The fraction of sp³-hybridized carbons (Fsp3) is 0.667. The Morgan fingerprint density at radius 3 is 2.60 bits per heavy atom. The molecule has 0 aromatic heterocycles. The van der Waals surface area contributed by atoms with E-state index >= 15 is 0 Å². The highest BCUT2D eigenvalue weighted by Crippen LogP contribution is 2.37. The third-order valence-corrected chi connectivity index (χ3v) is 4.52. The van der Waals surface area contributed by atoms with Crippen molar-refractivity contribution in [2.24, 2.45) is 11.8 Å². The van der Waals surface area contributed by atoms with Crippen LogP contribution in [0, 0.1) is 18.8 Å². The van der Waals surface area contributed by atoms with Gasteiger partial charge >= 0.3 is 0 Å². The second kappa shape index (κ2) is 6.62. The maximum atomic E-state index is 9.95. The summed E-state index contributed by atoms with van der Waals surface area (Å²) in [6.45, 7) is 6.92. The van der Waals surface area contributed by atoms with Gasteiger partial charge in [0, 0.05) is 5.69 Å². The van der Waals surface area contributed by atoms with Gasteiger partial charge in [0.2, 0.25) is 0 Å². The van der Waals surface area contributed by atoms with Crippen molar-refractivity contribution in [3.8, 4) is 0 Å². The highest BCUT2D eigenvalue weighted by atomic mass is 16.3. The fourth-order valence-corrected chi connectivity index (χ4v) is 3.59. The first kappa shape index (κ1) is 15.4. The van der Waals surface area contributed by atoms with Gasteiger partial charge in [-0.3, -0.25) is 0 Å². The molecule has 2 nitrogen and oxygen atoms in total. The first-order valence-corrected chi connectivity index (χ1v) is 7.99. The molecule has 0 aliphatic heterocycles. The van der Waals surface area contributed by atoms with Gasteiger partial charge in [0.15, 0.2) is 0 Å². The quantitative estimate of drug-likeness (QED) is 0.836. The van der Waals surface area contributed by atoms with Crippen LogP contribution in [0.5, 0.6) is 0 Å². The van der Waals surface area contributed by atoms with Crippen molar-refractivity contribution in [1.29, 1.82) is 0 Å². The molecule has 0 heterocycles. The molecule has 2 N–H and O–H groups in total. The average Bonchev–Trinajstić information content (AvgIpc) is 2.41. The van der Waals surface area contributed by atoms with Crippen molar-refractivity contribution in [2.75, 3.05) is 11.9 Å². The number of benzene rings is 1. The summed E-state index contributed by atoms with van der Waals surface area (Å²) < 4.78 is 0. The second-order valence-electron chi connectivity index (χ2n) is 7.02. The van der Waals surface area contributed by atoms with Crippen molar-refractivity contribution in [1.82, 2.24) is 0 Å². The predicted octanol–water partition coefficient (Wildman–Crippen LogP) is 4.37. The van der Waals surface area contributed by atoms with E-state index < -0.39 is 0 Å². The molecule has 0 bridgehead atoms. The molecule has 2 heteroatoms. The summed E-state index contributed by atoms with van der Waals surface area (Å²) >= 11 is 0. The SMILES string of the molecule is Cc1ccc(NC2(CO)CCCC(CC(C)C)C2)cc1. The smallest absolute Gasteiger partial charge is 0.0661 e. The number of anilines is 1. The number of aliphatic hydroxyl groups excluding tert-OH is 1. The maximum absolute atomic E-state index is 9.95. The zero-order chi connectivity index (χ0) is 14.6. The molecule has 2 rings (SSSR count). The molecule has 1 aliphatic rings. The minimum absolute atomic E-state index is 0.118. The number of nitrogens with one attached hydrogen (secondary N) is 1. The number of rotatable bonds is 5. The molecular weight excluding hydrogens is 246 g/mol. The van der Waals surface area contributed by atoms with Crippen LogP contribution in [0.2, 0.25) is 0 Å². The molecule has 1 aliphatic carbocycles. The molecule has 112 valence electrons. The third kappa shape index (κ3) is 3.99. The summed E-state index contributed by atoms with van der Waals surface area (Å²) in [6.07, 6.45) is 5.98. The zero-order valence-electron chi connectivity index (χ0n) is 13.2. The second-order valence-corrected chi connectivity index (χ2v) is 7.02. The van der Waals surface area contributed by atoms with Crippen LogP contribution in [0.15, 0.2) is 24.3 Å². The van der Waals surface area contributed by atoms with Crippen molar-refractivity contribution in [2.45, 2.75) is 58.4 Å². The Bertz CT molecular complexity index is 412. The van der Waals surface area contributed by atoms with E-state index in [0.717, 1.165) is 30.4 Å². The Balaban J connectivity index is 2.06. The predicted molar refractivity (Wildman–Crippen MR) is 86.0 cm³/mol. The summed E-state index contributed by atoms with van der Waals surface area (Å²) in [4.78, 5) is 0. The zero-order valence-corrected chi connectivity index (χ0v) is 13.2. The number of hydrogen-bond acceptors (Lipinski definition) is 2. The van der Waals surface area contributed by atoms with Gasteiger partial charge in [-0.25, -0.2) is 0 Å². The number of hydrogen-bond donors (Lipinski definition) is 2. The van der Waals surface area contributed by atoms with Gasteiger partial charge < -0.3 is 10.4 Å². The number of aryl methyl sites for hydroxylation is 1. The molecule has 1 aromatic carbocycles. The lowest BCUT2D eigenvalue weighted by Crippen LogP contribution is -2.46. The molecular formula is C18H29NO. The van der Waals surface area contributed by atoms with E-state index in [2.05, 4.69) is 50.4 Å². The average molecular weight is 275 g/mol. The van der Waals surface area contributed by atoms with Gasteiger partial charge in [-0.1, -0.05) is 44.4 Å². The normalized spacial score (nSPS) is 26.8. The van der Waals surface area contributed by atoms with E-state index in [4.69, 9.17) is 0 Å². The largest absolute Gasteiger partial charge is 0.394 e. The standard InChI is InChI=1S/C18H29NO/c1-14(2)11-16-5-4-10-18(12-16,13-20)19-17-8-6-15(3)7-9-17/h6-9,14,16,19-20H,4-5,10-13H2,1-3H3. The first-order valence-electron chi connectivity index (χ1n) is 7.99. The van der Waals surface area contributed by atoms with Crippen LogP contribution in [-0.4, -0.2) is 17.3 Å². The van der Waals surface area contributed by atoms with E-state index in [9.17, 15) is 5.11 Å². The fourth-order valence-electron chi connectivity index (χ4n) is 3.59. The lowest BCUT2D eigenvalue weighted by Gasteiger charge is -2.41. The van der Waals surface area contributed by atoms with Crippen LogP contribution in [-0.2, 0) is 0 Å². The van der Waals surface area contributed by atoms with Gasteiger partial charge in [0.05, 0.1) is 12.1 Å². The lowest BCUT2D eigenvalue weighted by atomic mass is 9.73. The first-order chi connectivity index (χ1) is 9.53. The summed E-state index contributed by atoms with van der Waals surface area (Å²) in [5.41, 5.74) is 2.29. The Hall–Kier alpha value is -1.02. The van der Waals surface area contributed by atoms with Gasteiger partial charge in [0.1, 0.15) is 0 Å². The van der Waals surface area contributed by atoms with Crippen LogP contribution in [0.1, 0.15) is 51.5 Å². The van der Waals surface area contributed by atoms with E-state index in [1.54, 1.807) is 0 Å². The minimum Gasteiger partial charge on any atom is -0.394 e. The van der Waals surface area contributed by atoms with E-state index in [0.29, 0.717) is 0 Å². The van der Waals surface area contributed by atoms with E-state index in [-0.39, 0.29) is 12.1 Å². The van der Waals surface area contributed by atoms with Crippen LogP contribution in [0.3, 0.4) is 0 Å². The maximum Gasteiger partial charge on any atom is 0.0661 e. The van der Waals surface area contributed by atoms with Crippen LogP contribution in [0.25, 0.3) is 0 Å². The van der Waals surface area contributed by atoms with Crippen molar-refractivity contribution < 1.29 is 5.11 Å². The summed E-state index contributed by atoms with van der Waals surface area (Å²) in [5, 5.41) is 13.6. The molecule has 2 unspecified atom stereocenters. The molecule has 0 radical (unpaired) electrons. The lowest BCUT2D eigenvalue weighted by molar-refractivity contribution is 0.135. The van der Waals surface area contributed by atoms with E-state index in [1.165, 1.54) is 24.8 Å². The molecule has 20 heavy (non-hydrogen) atoms. The minimum atomic E-state index is -0.118. The van der Waals surface area contributed by atoms with Crippen LogP contribution in [0.4, 0.5) is 5.69 Å². The van der Waals surface area contributed by atoms with E-state index in [1.807, 2.05) is 0 Å². The molecule has 1 saturated carbocycles. The molecule has 0 saturated heterocycles. The molecule has 1 fully saturated rings. The van der Waals surface area contributed by atoms with Gasteiger partial charge in [-0.05, 0) is 50.2 Å². The van der Waals surface area contributed by atoms with Gasteiger partial charge in [0.25, 0.3) is 0 Å². The number of aliphatic hydroxyl groups is 1. The van der Waals surface area contributed by atoms with Crippen LogP contribution < -0.4 is 5.32 Å². The molecule has 0 spiro atoms. The summed E-state index contributed by atoms with van der Waals surface area (Å²) in [5.74, 6) is 1.49. The highest BCUT2D eigenvalue weighted by molar-refractivity contribution is 5.47. The Labute approximate surface area is 123 Å². The monoisotopic (exact) mass is 275 g/mol. The summed E-state index contributed by atoms with van der Waals surface area (Å²) in [7, 11) is 0. The Morgan fingerprint density at radius 2 is 2.00 bits per heavy atom. The van der Waals surface area contributed by atoms with Crippen LogP contribution >= 0.6 is 0 Å². The molecule has 2 atom stereocenters. The summed E-state index contributed by atoms with van der Waals surface area (Å²) in [6, 6.07) is 8.50. The van der Waals surface area contributed by atoms with Gasteiger partial charge in [-0.15, -0.1) is 0 Å². The Kier molecular flexibility index (Phi) is 5.09. The molecule has 0 amide bonds. The van der Waals surface area contributed by atoms with Crippen molar-refractivity contribution in [3.05, 3.63) is 29.8 Å².